The molecular formula is C12H19NO3S. The summed E-state index contributed by atoms with van der Waals surface area (Å²) < 4.78 is 30.2. The van der Waals surface area contributed by atoms with Crippen LogP contribution in [-0.4, -0.2) is 27.3 Å². The Labute approximate surface area is 103 Å². The van der Waals surface area contributed by atoms with E-state index >= 15 is 0 Å². The summed E-state index contributed by atoms with van der Waals surface area (Å²) in [6, 6.07) is 5.66. The first kappa shape index (κ1) is 14.0. The van der Waals surface area contributed by atoms with E-state index in [1.165, 1.54) is 0 Å². The van der Waals surface area contributed by atoms with E-state index in [1.54, 1.807) is 6.92 Å². The molecule has 0 radical (unpaired) electrons. The molecule has 17 heavy (non-hydrogen) atoms. The van der Waals surface area contributed by atoms with Crippen molar-refractivity contribution in [2.75, 3.05) is 12.9 Å². The second-order valence-electron chi connectivity index (χ2n) is 4.32. The number of aryl methyl sites for hydroxylation is 2. The fourth-order valence-electron chi connectivity index (χ4n) is 1.63. The summed E-state index contributed by atoms with van der Waals surface area (Å²) in [5.74, 6) is 0.828. The van der Waals surface area contributed by atoms with Crippen molar-refractivity contribution >= 4 is 10.0 Å². The van der Waals surface area contributed by atoms with Crippen LogP contribution in [0.3, 0.4) is 0 Å². The van der Waals surface area contributed by atoms with Gasteiger partial charge < -0.3 is 4.74 Å². The van der Waals surface area contributed by atoms with Gasteiger partial charge in [0.25, 0.3) is 0 Å². The van der Waals surface area contributed by atoms with Crippen LogP contribution in [0.25, 0.3) is 0 Å². The highest BCUT2D eigenvalue weighted by molar-refractivity contribution is 7.88. The Hall–Kier alpha value is -1.07. The highest BCUT2D eigenvalue weighted by atomic mass is 32.2. The van der Waals surface area contributed by atoms with E-state index in [1.807, 2.05) is 32.0 Å². The summed E-state index contributed by atoms with van der Waals surface area (Å²) in [6.45, 7) is 6.03. The predicted octanol–water partition coefficient (Wildman–Crippen LogP) is 1.62. The summed E-state index contributed by atoms with van der Waals surface area (Å²) in [5, 5.41) is 0. The van der Waals surface area contributed by atoms with Crippen LogP contribution < -0.4 is 9.46 Å². The van der Waals surface area contributed by atoms with Crippen LogP contribution in [-0.2, 0) is 10.0 Å². The Morgan fingerprint density at radius 3 is 2.29 bits per heavy atom. The van der Waals surface area contributed by atoms with Crippen LogP contribution >= 0.6 is 0 Å². The van der Waals surface area contributed by atoms with E-state index < -0.39 is 10.0 Å². The molecule has 1 aromatic rings. The lowest BCUT2D eigenvalue weighted by atomic mass is 10.1. The molecule has 0 fully saturated rings. The van der Waals surface area contributed by atoms with Crippen molar-refractivity contribution in [1.82, 2.24) is 4.72 Å². The van der Waals surface area contributed by atoms with Gasteiger partial charge in [0.1, 0.15) is 12.4 Å². The third-order valence-electron chi connectivity index (χ3n) is 2.30. The molecule has 0 saturated carbocycles. The zero-order valence-electron chi connectivity index (χ0n) is 10.6. The first-order chi connectivity index (χ1) is 7.79. The quantitative estimate of drug-likeness (QED) is 0.872. The molecule has 1 aromatic carbocycles. The third-order valence-corrected chi connectivity index (χ3v) is 3.13. The van der Waals surface area contributed by atoms with Crippen molar-refractivity contribution in [3.8, 4) is 5.75 Å². The van der Waals surface area contributed by atoms with E-state index in [4.69, 9.17) is 4.74 Å². The average molecular weight is 257 g/mol. The Balaban J connectivity index is 2.62. The van der Waals surface area contributed by atoms with Gasteiger partial charge in [-0.1, -0.05) is 18.2 Å². The van der Waals surface area contributed by atoms with Crippen LogP contribution in [0.15, 0.2) is 18.2 Å². The molecule has 0 aliphatic heterocycles. The van der Waals surface area contributed by atoms with Gasteiger partial charge in [-0.15, -0.1) is 0 Å². The monoisotopic (exact) mass is 257 g/mol. The minimum atomic E-state index is -3.18. The lowest BCUT2D eigenvalue weighted by Gasteiger charge is -2.16. The van der Waals surface area contributed by atoms with Gasteiger partial charge in [0.2, 0.25) is 10.0 Å². The number of nitrogens with one attached hydrogen (secondary N) is 1. The number of ether oxygens (including phenoxy) is 1. The van der Waals surface area contributed by atoms with Crippen LogP contribution in [0.5, 0.6) is 5.75 Å². The first-order valence-corrected chi connectivity index (χ1v) is 7.35. The van der Waals surface area contributed by atoms with Crippen molar-refractivity contribution in [1.29, 1.82) is 0 Å². The van der Waals surface area contributed by atoms with Crippen molar-refractivity contribution in [3.05, 3.63) is 29.3 Å². The molecule has 96 valence electrons. The zero-order valence-corrected chi connectivity index (χ0v) is 11.5. The molecule has 0 bridgehead atoms. The van der Waals surface area contributed by atoms with Crippen molar-refractivity contribution in [2.45, 2.75) is 26.8 Å². The molecule has 1 N–H and O–H groups in total. The molecule has 1 unspecified atom stereocenters. The van der Waals surface area contributed by atoms with Gasteiger partial charge >= 0.3 is 0 Å². The molecule has 5 heteroatoms. The molecule has 1 atom stereocenters. The molecule has 4 nitrogen and oxygen atoms in total. The summed E-state index contributed by atoms with van der Waals surface area (Å²) >= 11 is 0. The van der Waals surface area contributed by atoms with E-state index in [2.05, 4.69) is 4.72 Å². The number of para-hydroxylation sites is 1. The Bertz CT molecular complexity index is 462. The third kappa shape index (κ3) is 4.75. The summed E-state index contributed by atoms with van der Waals surface area (Å²) in [7, 11) is -3.18. The molecule has 0 aliphatic carbocycles. The van der Waals surface area contributed by atoms with Crippen LogP contribution in [0, 0.1) is 13.8 Å². The molecule has 0 amide bonds. The van der Waals surface area contributed by atoms with Crippen molar-refractivity contribution < 1.29 is 13.2 Å². The van der Waals surface area contributed by atoms with Gasteiger partial charge in [-0.25, -0.2) is 13.1 Å². The zero-order chi connectivity index (χ0) is 13.1. The maximum atomic E-state index is 11.0. The SMILES string of the molecule is Cc1cccc(C)c1OCC(C)NS(C)(=O)=O. The smallest absolute Gasteiger partial charge is 0.209 e. The number of sulfonamides is 1. The van der Waals surface area contributed by atoms with Gasteiger partial charge in [0, 0.05) is 0 Å². The highest BCUT2D eigenvalue weighted by Gasteiger charge is 2.10. The van der Waals surface area contributed by atoms with E-state index in [0.29, 0.717) is 6.61 Å². The molecule has 0 spiro atoms. The topological polar surface area (TPSA) is 55.4 Å². The van der Waals surface area contributed by atoms with E-state index in [0.717, 1.165) is 23.1 Å². The van der Waals surface area contributed by atoms with Crippen LogP contribution in [0.2, 0.25) is 0 Å². The first-order valence-electron chi connectivity index (χ1n) is 5.46. The molecule has 1 rings (SSSR count). The number of rotatable bonds is 5. The number of hydrogen-bond acceptors (Lipinski definition) is 3. The number of hydrogen-bond donors (Lipinski definition) is 1. The lowest BCUT2D eigenvalue weighted by Crippen LogP contribution is -2.36. The van der Waals surface area contributed by atoms with Crippen LogP contribution in [0.4, 0.5) is 0 Å². The molecule has 0 saturated heterocycles. The van der Waals surface area contributed by atoms with E-state index in [9.17, 15) is 8.42 Å². The number of benzene rings is 1. The van der Waals surface area contributed by atoms with Gasteiger partial charge in [0.05, 0.1) is 12.3 Å². The van der Waals surface area contributed by atoms with Gasteiger partial charge in [-0.3, -0.25) is 0 Å². The fourth-order valence-corrected chi connectivity index (χ4v) is 2.43. The Morgan fingerprint density at radius 1 is 1.29 bits per heavy atom. The Kier molecular flexibility index (Phi) is 4.54. The summed E-state index contributed by atoms with van der Waals surface area (Å²) in [4.78, 5) is 0. The minimum absolute atomic E-state index is 0.246. The molecular weight excluding hydrogens is 238 g/mol. The molecule has 0 aromatic heterocycles. The Morgan fingerprint density at radius 2 is 1.82 bits per heavy atom. The molecule has 0 heterocycles. The second kappa shape index (κ2) is 5.51. The van der Waals surface area contributed by atoms with Crippen LogP contribution in [0.1, 0.15) is 18.1 Å². The van der Waals surface area contributed by atoms with E-state index in [-0.39, 0.29) is 6.04 Å². The second-order valence-corrected chi connectivity index (χ2v) is 6.10. The summed E-state index contributed by atoms with van der Waals surface area (Å²) in [5.41, 5.74) is 2.10. The summed E-state index contributed by atoms with van der Waals surface area (Å²) in [6.07, 6.45) is 1.14. The highest BCUT2D eigenvalue weighted by Crippen LogP contribution is 2.22. The molecule has 0 aliphatic rings. The van der Waals surface area contributed by atoms with Crippen molar-refractivity contribution in [3.63, 3.8) is 0 Å². The minimum Gasteiger partial charge on any atom is -0.491 e. The normalized spacial score (nSPS) is 13.4. The maximum absolute atomic E-state index is 11.0. The predicted molar refractivity (Wildman–Crippen MR) is 68.9 cm³/mol. The maximum Gasteiger partial charge on any atom is 0.209 e. The standard InChI is InChI=1S/C12H19NO3S/c1-9-6-5-7-10(2)12(9)16-8-11(3)13-17(4,14)15/h5-7,11,13H,8H2,1-4H3. The average Bonchev–Trinajstić information content (AvgIpc) is 2.14. The van der Waals surface area contributed by atoms with Gasteiger partial charge in [-0.2, -0.15) is 0 Å². The lowest BCUT2D eigenvalue weighted by molar-refractivity contribution is 0.284. The fraction of sp³-hybridized carbons (Fsp3) is 0.500. The largest absolute Gasteiger partial charge is 0.491 e. The van der Waals surface area contributed by atoms with Gasteiger partial charge in [-0.05, 0) is 31.9 Å². The van der Waals surface area contributed by atoms with Gasteiger partial charge in [0.15, 0.2) is 0 Å². The van der Waals surface area contributed by atoms with Crippen molar-refractivity contribution in [2.24, 2.45) is 0 Å².